The molecule has 2 aromatic carbocycles. The Balaban J connectivity index is 1.74. The molecule has 0 bridgehead atoms. The van der Waals surface area contributed by atoms with Crippen LogP contribution in [0.1, 0.15) is 17.2 Å². The molecule has 1 fully saturated rings. The highest BCUT2D eigenvalue weighted by Crippen LogP contribution is 2.23. The Morgan fingerprint density at radius 1 is 1.04 bits per heavy atom. The number of halogens is 1. The van der Waals surface area contributed by atoms with Gasteiger partial charge in [-0.3, -0.25) is 9.69 Å². The second-order valence-corrected chi connectivity index (χ2v) is 6.43. The molecule has 126 valence electrons. The van der Waals surface area contributed by atoms with Crippen molar-refractivity contribution in [2.45, 2.75) is 6.04 Å². The quantitative estimate of drug-likeness (QED) is 0.876. The molecule has 0 aliphatic carbocycles. The molecule has 1 atom stereocenters. The number of amides is 1. The van der Waals surface area contributed by atoms with Crippen LogP contribution in [0.25, 0.3) is 0 Å². The van der Waals surface area contributed by atoms with Crippen LogP contribution in [0.4, 0.5) is 0 Å². The number of carbonyl (C=O) groups is 1. The Hall–Kier alpha value is -1.88. The van der Waals surface area contributed by atoms with E-state index >= 15 is 0 Å². The number of hydrogen-bond acceptors (Lipinski definition) is 3. The Labute approximate surface area is 147 Å². The van der Waals surface area contributed by atoms with Crippen LogP contribution in [-0.2, 0) is 4.79 Å². The highest BCUT2D eigenvalue weighted by Gasteiger charge is 2.19. The number of nitrogens with zero attached hydrogens (tertiary/aromatic N) is 1. The molecule has 5 heteroatoms. The van der Waals surface area contributed by atoms with Crippen molar-refractivity contribution in [2.75, 3.05) is 32.7 Å². The van der Waals surface area contributed by atoms with E-state index in [9.17, 15) is 4.79 Å². The van der Waals surface area contributed by atoms with Crippen LogP contribution in [0.15, 0.2) is 54.6 Å². The van der Waals surface area contributed by atoms with E-state index in [2.05, 4.69) is 15.5 Å². The van der Waals surface area contributed by atoms with Crippen LogP contribution in [0.3, 0.4) is 0 Å². The van der Waals surface area contributed by atoms with Gasteiger partial charge in [-0.25, -0.2) is 0 Å². The summed E-state index contributed by atoms with van der Waals surface area (Å²) in [7, 11) is 0. The fourth-order valence-corrected chi connectivity index (χ4v) is 3.06. The SMILES string of the molecule is O=C(CN1CCNCC1)NC(c1ccccc1)c1ccc(Cl)cc1. The van der Waals surface area contributed by atoms with Gasteiger partial charge in [0, 0.05) is 31.2 Å². The smallest absolute Gasteiger partial charge is 0.234 e. The summed E-state index contributed by atoms with van der Waals surface area (Å²) in [6, 6.07) is 17.5. The maximum Gasteiger partial charge on any atom is 0.234 e. The van der Waals surface area contributed by atoms with Crippen LogP contribution in [0.2, 0.25) is 5.02 Å². The molecule has 0 aromatic heterocycles. The largest absolute Gasteiger partial charge is 0.344 e. The van der Waals surface area contributed by atoms with Gasteiger partial charge in [0.1, 0.15) is 0 Å². The van der Waals surface area contributed by atoms with Gasteiger partial charge < -0.3 is 10.6 Å². The Morgan fingerprint density at radius 3 is 2.33 bits per heavy atom. The number of piperazine rings is 1. The van der Waals surface area contributed by atoms with E-state index in [0.717, 1.165) is 37.3 Å². The summed E-state index contributed by atoms with van der Waals surface area (Å²) < 4.78 is 0. The predicted octanol–water partition coefficient (Wildman–Crippen LogP) is 2.45. The molecular formula is C19H22ClN3O. The molecule has 1 amide bonds. The van der Waals surface area contributed by atoms with Crippen molar-refractivity contribution < 1.29 is 4.79 Å². The van der Waals surface area contributed by atoms with E-state index in [1.54, 1.807) is 0 Å². The summed E-state index contributed by atoms with van der Waals surface area (Å²) in [6.45, 7) is 4.12. The minimum atomic E-state index is -0.168. The molecule has 1 unspecified atom stereocenters. The number of carbonyl (C=O) groups excluding carboxylic acids is 1. The highest BCUT2D eigenvalue weighted by molar-refractivity contribution is 6.30. The van der Waals surface area contributed by atoms with E-state index in [-0.39, 0.29) is 11.9 Å². The number of nitrogens with one attached hydrogen (secondary N) is 2. The number of benzene rings is 2. The van der Waals surface area contributed by atoms with Crippen LogP contribution in [0, 0.1) is 0 Å². The lowest BCUT2D eigenvalue weighted by atomic mass is 9.98. The van der Waals surface area contributed by atoms with Crippen molar-refractivity contribution in [2.24, 2.45) is 0 Å². The first-order chi connectivity index (χ1) is 11.7. The second kappa shape index (κ2) is 8.29. The summed E-state index contributed by atoms with van der Waals surface area (Å²) in [5, 5.41) is 7.16. The molecule has 3 rings (SSSR count). The molecule has 0 saturated carbocycles. The minimum absolute atomic E-state index is 0.0423. The molecular weight excluding hydrogens is 322 g/mol. The van der Waals surface area contributed by atoms with Crippen molar-refractivity contribution in [3.05, 3.63) is 70.7 Å². The van der Waals surface area contributed by atoms with Gasteiger partial charge in [0.05, 0.1) is 12.6 Å². The highest BCUT2D eigenvalue weighted by atomic mass is 35.5. The van der Waals surface area contributed by atoms with E-state index in [1.165, 1.54) is 0 Å². The lowest BCUT2D eigenvalue weighted by Gasteiger charge is -2.28. The fourth-order valence-electron chi connectivity index (χ4n) is 2.94. The van der Waals surface area contributed by atoms with E-state index in [4.69, 9.17) is 11.6 Å². The third kappa shape index (κ3) is 4.57. The van der Waals surface area contributed by atoms with Crippen molar-refractivity contribution in [3.63, 3.8) is 0 Å². The summed E-state index contributed by atoms with van der Waals surface area (Å²) >= 11 is 6.00. The average Bonchev–Trinajstić information content (AvgIpc) is 2.62. The third-order valence-electron chi connectivity index (χ3n) is 4.22. The molecule has 1 heterocycles. The molecule has 1 aliphatic heterocycles. The topological polar surface area (TPSA) is 44.4 Å². The first kappa shape index (κ1) is 17.0. The first-order valence-corrected chi connectivity index (χ1v) is 8.63. The molecule has 1 saturated heterocycles. The normalized spacial score (nSPS) is 16.5. The molecule has 0 spiro atoms. The van der Waals surface area contributed by atoms with E-state index < -0.39 is 0 Å². The molecule has 4 nitrogen and oxygen atoms in total. The lowest BCUT2D eigenvalue weighted by Crippen LogP contribution is -2.48. The Kier molecular flexibility index (Phi) is 5.86. The Bertz CT molecular complexity index is 654. The number of hydrogen-bond donors (Lipinski definition) is 2. The summed E-state index contributed by atoms with van der Waals surface area (Å²) in [5.41, 5.74) is 2.09. The van der Waals surface area contributed by atoms with Gasteiger partial charge in [-0.05, 0) is 23.3 Å². The number of rotatable bonds is 5. The minimum Gasteiger partial charge on any atom is -0.344 e. The molecule has 24 heavy (non-hydrogen) atoms. The third-order valence-corrected chi connectivity index (χ3v) is 4.47. The summed E-state index contributed by atoms with van der Waals surface area (Å²) in [6.07, 6.45) is 0. The van der Waals surface area contributed by atoms with Gasteiger partial charge in [-0.15, -0.1) is 0 Å². The van der Waals surface area contributed by atoms with Gasteiger partial charge in [-0.1, -0.05) is 54.1 Å². The van der Waals surface area contributed by atoms with Gasteiger partial charge in [0.2, 0.25) is 5.91 Å². The maximum absolute atomic E-state index is 12.5. The Morgan fingerprint density at radius 2 is 1.67 bits per heavy atom. The van der Waals surface area contributed by atoms with Gasteiger partial charge in [0.25, 0.3) is 0 Å². The van der Waals surface area contributed by atoms with Crippen LogP contribution in [-0.4, -0.2) is 43.5 Å². The zero-order chi connectivity index (χ0) is 16.8. The lowest BCUT2D eigenvalue weighted by molar-refractivity contribution is -0.122. The summed E-state index contributed by atoms with van der Waals surface area (Å²) in [4.78, 5) is 14.7. The standard InChI is InChI=1S/C19H22ClN3O/c20-17-8-6-16(7-9-17)19(15-4-2-1-3-5-15)22-18(24)14-23-12-10-21-11-13-23/h1-9,19,21H,10-14H2,(H,22,24). The molecule has 0 radical (unpaired) electrons. The van der Waals surface area contributed by atoms with E-state index in [1.807, 2.05) is 54.6 Å². The zero-order valence-corrected chi connectivity index (χ0v) is 14.3. The molecule has 2 aromatic rings. The van der Waals surface area contributed by atoms with Crippen molar-refractivity contribution in [3.8, 4) is 0 Å². The average molecular weight is 344 g/mol. The van der Waals surface area contributed by atoms with Crippen LogP contribution in [0.5, 0.6) is 0 Å². The van der Waals surface area contributed by atoms with Crippen molar-refractivity contribution >= 4 is 17.5 Å². The zero-order valence-electron chi connectivity index (χ0n) is 13.5. The van der Waals surface area contributed by atoms with E-state index in [0.29, 0.717) is 11.6 Å². The van der Waals surface area contributed by atoms with Crippen molar-refractivity contribution in [1.29, 1.82) is 0 Å². The van der Waals surface area contributed by atoms with Gasteiger partial charge in [-0.2, -0.15) is 0 Å². The molecule has 1 aliphatic rings. The predicted molar refractivity (Wildman–Crippen MR) is 97.2 cm³/mol. The van der Waals surface area contributed by atoms with Crippen molar-refractivity contribution in [1.82, 2.24) is 15.5 Å². The van der Waals surface area contributed by atoms with Gasteiger partial charge in [0.15, 0.2) is 0 Å². The second-order valence-electron chi connectivity index (χ2n) is 5.99. The van der Waals surface area contributed by atoms with Crippen LogP contribution < -0.4 is 10.6 Å². The maximum atomic E-state index is 12.5. The van der Waals surface area contributed by atoms with Crippen LogP contribution >= 0.6 is 11.6 Å². The monoisotopic (exact) mass is 343 g/mol. The first-order valence-electron chi connectivity index (χ1n) is 8.25. The summed E-state index contributed by atoms with van der Waals surface area (Å²) in [5.74, 6) is 0.0423. The molecule has 2 N–H and O–H groups in total. The van der Waals surface area contributed by atoms with Gasteiger partial charge >= 0.3 is 0 Å². The fraction of sp³-hybridized carbons (Fsp3) is 0.316.